The molecule has 0 fully saturated rings. The Bertz CT molecular complexity index is 777. The summed E-state index contributed by atoms with van der Waals surface area (Å²) in [6.07, 6.45) is 0.772. The number of anilines is 1. The van der Waals surface area contributed by atoms with E-state index in [1.807, 2.05) is 6.92 Å². The lowest BCUT2D eigenvalue weighted by atomic mass is 10.3. The number of amides is 3. The third-order valence-electron chi connectivity index (χ3n) is 3.57. The Morgan fingerprint density at radius 2 is 1.74 bits per heavy atom. The number of carbonyl (C=O) groups is 3. The van der Waals surface area contributed by atoms with Crippen LogP contribution in [0.15, 0.2) is 29.2 Å². The smallest absolute Gasteiger partial charge is 0.243 e. The van der Waals surface area contributed by atoms with E-state index in [4.69, 9.17) is 0 Å². The van der Waals surface area contributed by atoms with Crippen molar-refractivity contribution >= 4 is 33.4 Å². The lowest BCUT2D eigenvalue weighted by molar-refractivity contribution is -0.128. The molecule has 0 bridgehead atoms. The molecular weight excluding hydrogens is 372 g/mol. The number of nitrogens with zero attached hydrogens (tertiary/aromatic N) is 1. The summed E-state index contributed by atoms with van der Waals surface area (Å²) in [6.45, 7) is 4.85. The van der Waals surface area contributed by atoms with Gasteiger partial charge in [0.2, 0.25) is 27.7 Å². The van der Waals surface area contributed by atoms with E-state index in [2.05, 4.69) is 16.0 Å². The summed E-state index contributed by atoms with van der Waals surface area (Å²) >= 11 is 0. The first-order valence-corrected chi connectivity index (χ1v) is 9.93. The third kappa shape index (κ3) is 6.99. The van der Waals surface area contributed by atoms with E-state index in [-0.39, 0.29) is 16.7 Å². The van der Waals surface area contributed by atoms with Crippen LogP contribution in [0.5, 0.6) is 0 Å². The zero-order valence-electron chi connectivity index (χ0n) is 15.9. The number of nitrogens with one attached hydrogen (secondary N) is 3. The maximum Gasteiger partial charge on any atom is 0.243 e. The molecule has 1 aromatic carbocycles. The molecule has 0 unspecified atom stereocenters. The zero-order chi connectivity index (χ0) is 20.6. The van der Waals surface area contributed by atoms with Gasteiger partial charge in [0.25, 0.3) is 0 Å². The Balaban J connectivity index is 2.71. The van der Waals surface area contributed by atoms with Gasteiger partial charge in [-0.05, 0) is 37.6 Å². The number of rotatable bonds is 9. The van der Waals surface area contributed by atoms with Crippen molar-refractivity contribution in [1.29, 1.82) is 0 Å². The molecule has 1 atom stereocenters. The Morgan fingerprint density at radius 1 is 1.15 bits per heavy atom. The van der Waals surface area contributed by atoms with Gasteiger partial charge in [-0.25, -0.2) is 8.42 Å². The molecule has 0 saturated heterocycles. The molecule has 0 saturated carbocycles. The molecule has 0 aromatic heterocycles. The molecule has 27 heavy (non-hydrogen) atoms. The second-order valence-corrected chi connectivity index (χ2v) is 8.09. The Kier molecular flexibility index (Phi) is 8.38. The van der Waals surface area contributed by atoms with Crippen molar-refractivity contribution in [1.82, 2.24) is 14.9 Å². The number of sulfonamides is 1. The van der Waals surface area contributed by atoms with Crippen LogP contribution in [0.2, 0.25) is 0 Å². The highest BCUT2D eigenvalue weighted by atomic mass is 32.2. The lowest BCUT2D eigenvalue weighted by Crippen LogP contribution is -2.48. The second kappa shape index (κ2) is 10.0. The summed E-state index contributed by atoms with van der Waals surface area (Å²) in [5.74, 6) is -1.18. The van der Waals surface area contributed by atoms with E-state index in [0.29, 0.717) is 12.2 Å². The molecule has 0 aliphatic rings. The monoisotopic (exact) mass is 398 g/mol. The van der Waals surface area contributed by atoms with Crippen molar-refractivity contribution in [2.45, 2.75) is 38.1 Å². The molecule has 3 amide bonds. The Labute approximate surface area is 159 Å². The predicted octanol–water partition coefficient (Wildman–Crippen LogP) is 0.296. The fraction of sp³-hybridized carbons (Fsp3) is 0.471. The molecule has 0 spiro atoms. The maximum atomic E-state index is 12.5. The summed E-state index contributed by atoms with van der Waals surface area (Å²) < 4.78 is 26.0. The minimum absolute atomic E-state index is 0.0133. The van der Waals surface area contributed by atoms with Gasteiger partial charge in [-0.15, -0.1) is 0 Å². The van der Waals surface area contributed by atoms with Gasteiger partial charge in [0.05, 0.1) is 11.4 Å². The quantitative estimate of drug-likeness (QED) is 0.552. The highest BCUT2D eigenvalue weighted by molar-refractivity contribution is 7.89. The average Bonchev–Trinajstić information content (AvgIpc) is 2.59. The number of hydrogen-bond acceptors (Lipinski definition) is 5. The van der Waals surface area contributed by atoms with E-state index >= 15 is 0 Å². The minimum Gasteiger partial charge on any atom is -0.354 e. The van der Waals surface area contributed by atoms with Gasteiger partial charge in [0.1, 0.15) is 6.04 Å². The van der Waals surface area contributed by atoms with Crippen LogP contribution in [-0.4, -0.2) is 56.6 Å². The molecule has 0 heterocycles. The molecule has 0 radical (unpaired) electrons. The number of hydrogen-bond donors (Lipinski definition) is 3. The van der Waals surface area contributed by atoms with E-state index < -0.39 is 28.5 Å². The average molecular weight is 398 g/mol. The molecular formula is C17H26N4O5S. The molecule has 1 aromatic rings. The summed E-state index contributed by atoms with van der Waals surface area (Å²) in [6, 6.07) is 4.84. The second-order valence-electron chi connectivity index (χ2n) is 6.05. The van der Waals surface area contributed by atoms with Crippen LogP contribution in [0.25, 0.3) is 0 Å². The normalized spacial score (nSPS) is 12.3. The lowest BCUT2D eigenvalue weighted by Gasteiger charge is -2.19. The molecule has 3 N–H and O–H groups in total. The van der Waals surface area contributed by atoms with E-state index in [1.165, 1.54) is 45.2 Å². The zero-order valence-corrected chi connectivity index (χ0v) is 16.7. The number of carbonyl (C=O) groups excluding carboxylic acids is 3. The number of likely N-dealkylation sites (N-methyl/N-ethyl adjacent to an activating group) is 1. The highest BCUT2D eigenvalue weighted by Crippen LogP contribution is 2.17. The summed E-state index contributed by atoms with van der Waals surface area (Å²) in [5, 5.41) is 7.66. The van der Waals surface area contributed by atoms with E-state index in [1.54, 1.807) is 0 Å². The van der Waals surface area contributed by atoms with Crippen molar-refractivity contribution in [3.8, 4) is 0 Å². The van der Waals surface area contributed by atoms with Crippen molar-refractivity contribution in [3.05, 3.63) is 24.3 Å². The van der Waals surface area contributed by atoms with Gasteiger partial charge >= 0.3 is 0 Å². The van der Waals surface area contributed by atoms with Crippen LogP contribution in [0, 0.1) is 0 Å². The summed E-state index contributed by atoms with van der Waals surface area (Å²) in [7, 11) is -2.61. The van der Waals surface area contributed by atoms with Gasteiger partial charge in [0, 0.05) is 26.2 Å². The minimum atomic E-state index is -3.89. The fourth-order valence-electron chi connectivity index (χ4n) is 2.13. The first-order valence-electron chi connectivity index (χ1n) is 8.49. The highest BCUT2D eigenvalue weighted by Gasteiger charge is 2.24. The van der Waals surface area contributed by atoms with Crippen molar-refractivity contribution < 1.29 is 22.8 Å². The maximum absolute atomic E-state index is 12.5. The van der Waals surface area contributed by atoms with Crippen molar-refractivity contribution in [2.75, 3.05) is 25.5 Å². The molecule has 0 aliphatic heterocycles. The Morgan fingerprint density at radius 3 is 2.26 bits per heavy atom. The van der Waals surface area contributed by atoms with Gasteiger partial charge in [0.15, 0.2) is 0 Å². The Hall–Kier alpha value is -2.46. The molecule has 1 rings (SSSR count). The van der Waals surface area contributed by atoms with Gasteiger partial charge in [-0.3, -0.25) is 14.4 Å². The predicted molar refractivity (Wildman–Crippen MR) is 101 cm³/mol. The first-order chi connectivity index (χ1) is 12.6. The summed E-state index contributed by atoms with van der Waals surface area (Å²) in [5.41, 5.74) is 0.466. The van der Waals surface area contributed by atoms with Crippen LogP contribution in [0.3, 0.4) is 0 Å². The van der Waals surface area contributed by atoms with Crippen LogP contribution in [-0.2, 0) is 24.4 Å². The fourth-order valence-corrected chi connectivity index (χ4v) is 3.26. The standard InChI is InChI=1S/C17H26N4O5S/c1-5-10-18-17(24)12(2)19-16(23)11-21(4)27(25,26)15-8-6-14(7-9-15)20-13(3)22/h6-9,12H,5,10-11H2,1-4H3,(H,18,24)(H,19,23)(H,20,22)/t12-/m1/s1. The van der Waals surface area contributed by atoms with Crippen LogP contribution >= 0.6 is 0 Å². The van der Waals surface area contributed by atoms with Crippen LogP contribution < -0.4 is 16.0 Å². The number of benzene rings is 1. The molecule has 0 aliphatic carbocycles. The largest absolute Gasteiger partial charge is 0.354 e. The van der Waals surface area contributed by atoms with Crippen LogP contribution in [0.1, 0.15) is 27.2 Å². The summed E-state index contributed by atoms with van der Waals surface area (Å²) in [4.78, 5) is 34.8. The molecule has 10 heteroatoms. The van der Waals surface area contributed by atoms with Crippen molar-refractivity contribution in [2.24, 2.45) is 0 Å². The van der Waals surface area contributed by atoms with Crippen molar-refractivity contribution in [3.63, 3.8) is 0 Å². The van der Waals surface area contributed by atoms with Gasteiger partial charge < -0.3 is 16.0 Å². The van der Waals surface area contributed by atoms with Gasteiger partial charge in [-0.2, -0.15) is 4.31 Å². The third-order valence-corrected chi connectivity index (χ3v) is 5.39. The van der Waals surface area contributed by atoms with Crippen LogP contribution in [0.4, 0.5) is 5.69 Å². The van der Waals surface area contributed by atoms with E-state index in [9.17, 15) is 22.8 Å². The molecule has 150 valence electrons. The molecule has 9 nitrogen and oxygen atoms in total. The topological polar surface area (TPSA) is 125 Å². The van der Waals surface area contributed by atoms with E-state index in [0.717, 1.165) is 10.7 Å². The first kappa shape index (κ1) is 22.6. The SMILES string of the molecule is CCCNC(=O)[C@@H](C)NC(=O)CN(C)S(=O)(=O)c1ccc(NC(C)=O)cc1. The van der Waals surface area contributed by atoms with Gasteiger partial charge in [-0.1, -0.05) is 6.92 Å².